The van der Waals surface area contributed by atoms with E-state index < -0.39 is 0 Å². The maximum atomic E-state index is 9.17. The van der Waals surface area contributed by atoms with Crippen molar-refractivity contribution in [3.8, 4) is 5.75 Å². The molecule has 1 aliphatic rings. The van der Waals surface area contributed by atoms with Crippen LogP contribution in [0.25, 0.3) is 0 Å². The van der Waals surface area contributed by atoms with Crippen LogP contribution in [0.1, 0.15) is 32.6 Å². The average molecular weight is 271 g/mol. The van der Waals surface area contributed by atoms with Gasteiger partial charge in [-0.15, -0.1) is 0 Å². The number of anilines is 2. The second-order valence-corrected chi connectivity index (χ2v) is 5.24. The topological polar surface area (TPSA) is 71.6 Å². The molecule has 5 nitrogen and oxygen atoms in total. The maximum Gasteiger partial charge on any atom is 0.197 e. The number of nitrogen functional groups attached to an aromatic ring is 1. The predicted molar refractivity (Wildman–Crippen MR) is 74.4 cm³/mol. The summed E-state index contributed by atoms with van der Waals surface area (Å²) in [5, 5.41) is 10.2. The van der Waals surface area contributed by atoms with Gasteiger partial charge in [-0.3, -0.25) is 0 Å². The summed E-state index contributed by atoms with van der Waals surface area (Å²) in [5.41, 5.74) is 5.85. The molecule has 2 rings (SSSR count). The molecule has 1 fully saturated rings. The molecule has 1 atom stereocenters. The fraction of sp³-hybridized carbons (Fsp3) is 0.750. The first-order chi connectivity index (χ1) is 8.77. The van der Waals surface area contributed by atoms with Crippen molar-refractivity contribution in [3.63, 3.8) is 0 Å². The van der Waals surface area contributed by atoms with Crippen LogP contribution in [0.4, 0.5) is 10.8 Å². The van der Waals surface area contributed by atoms with Crippen LogP contribution in [-0.2, 0) is 0 Å². The summed E-state index contributed by atoms with van der Waals surface area (Å²) in [7, 11) is 0. The molecule has 102 valence electrons. The van der Waals surface area contributed by atoms with Gasteiger partial charge in [-0.2, -0.15) is 4.37 Å². The first kappa shape index (κ1) is 13.4. The summed E-state index contributed by atoms with van der Waals surface area (Å²) in [5.74, 6) is 1.19. The molecule has 1 saturated heterocycles. The van der Waals surface area contributed by atoms with Crippen LogP contribution >= 0.6 is 11.5 Å². The van der Waals surface area contributed by atoms with Gasteiger partial charge in [0.2, 0.25) is 0 Å². The van der Waals surface area contributed by atoms with Crippen molar-refractivity contribution in [3.05, 3.63) is 0 Å². The normalized spacial score (nSPS) is 20.1. The Morgan fingerprint density at radius 3 is 3.11 bits per heavy atom. The fourth-order valence-corrected chi connectivity index (χ4v) is 3.32. The van der Waals surface area contributed by atoms with E-state index in [4.69, 9.17) is 15.6 Å². The van der Waals surface area contributed by atoms with Crippen LogP contribution in [-0.4, -0.2) is 35.3 Å². The van der Waals surface area contributed by atoms with Gasteiger partial charge >= 0.3 is 0 Å². The van der Waals surface area contributed by atoms with E-state index in [-0.39, 0.29) is 6.61 Å². The molecule has 1 aliphatic heterocycles. The van der Waals surface area contributed by atoms with Crippen LogP contribution in [0.15, 0.2) is 0 Å². The Bertz CT molecular complexity index is 381. The summed E-state index contributed by atoms with van der Waals surface area (Å²) in [6, 6.07) is 0.378. The second-order valence-electron chi connectivity index (χ2n) is 4.49. The first-order valence-corrected chi connectivity index (χ1v) is 7.30. The summed E-state index contributed by atoms with van der Waals surface area (Å²) in [6.45, 7) is 3.75. The van der Waals surface area contributed by atoms with Crippen molar-refractivity contribution in [2.45, 2.75) is 38.6 Å². The number of hydrogen-bond donors (Lipinski definition) is 2. The molecule has 0 aliphatic carbocycles. The highest BCUT2D eigenvalue weighted by molar-refractivity contribution is 7.11. The fourth-order valence-electron chi connectivity index (χ4n) is 2.46. The third-order valence-electron chi connectivity index (χ3n) is 3.30. The molecule has 0 amide bonds. The van der Waals surface area contributed by atoms with E-state index in [9.17, 15) is 0 Å². The zero-order chi connectivity index (χ0) is 13.0. The minimum Gasteiger partial charge on any atom is -0.487 e. The molecule has 0 aromatic carbocycles. The Morgan fingerprint density at radius 1 is 1.56 bits per heavy atom. The minimum atomic E-state index is 0.222. The summed E-state index contributed by atoms with van der Waals surface area (Å²) < 4.78 is 9.80. The van der Waals surface area contributed by atoms with E-state index in [0.717, 1.165) is 24.4 Å². The largest absolute Gasteiger partial charge is 0.487 e. The van der Waals surface area contributed by atoms with Crippen LogP contribution in [0.2, 0.25) is 0 Å². The van der Waals surface area contributed by atoms with Crippen molar-refractivity contribution in [2.24, 2.45) is 0 Å². The molecule has 1 unspecified atom stereocenters. The Morgan fingerprint density at radius 2 is 2.39 bits per heavy atom. The van der Waals surface area contributed by atoms with Crippen LogP contribution in [0.3, 0.4) is 0 Å². The van der Waals surface area contributed by atoms with Gasteiger partial charge in [-0.05, 0) is 44.1 Å². The van der Waals surface area contributed by atoms with E-state index in [2.05, 4.69) is 9.27 Å². The number of piperidine rings is 1. The first-order valence-electron chi connectivity index (χ1n) is 6.53. The average Bonchev–Trinajstić information content (AvgIpc) is 2.73. The highest BCUT2D eigenvalue weighted by Crippen LogP contribution is 2.41. The number of aliphatic hydroxyl groups excluding tert-OH is 1. The second kappa shape index (κ2) is 6.24. The van der Waals surface area contributed by atoms with Crippen LogP contribution in [0.5, 0.6) is 5.75 Å². The van der Waals surface area contributed by atoms with Gasteiger partial charge in [0.05, 0.1) is 6.61 Å². The molecule has 0 saturated carbocycles. The zero-order valence-electron chi connectivity index (χ0n) is 10.8. The van der Waals surface area contributed by atoms with Gasteiger partial charge in [0.15, 0.2) is 16.6 Å². The highest BCUT2D eigenvalue weighted by Gasteiger charge is 2.27. The van der Waals surface area contributed by atoms with Crippen LogP contribution in [0, 0.1) is 0 Å². The lowest BCUT2D eigenvalue weighted by molar-refractivity contribution is 0.262. The lowest BCUT2D eigenvalue weighted by atomic mass is 10.00. The standard InChI is InChI=1S/C12H21N3O2S/c1-2-17-10-11(13)14-18-12(10)15-7-4-3-5-9(15)6-8-16/h9,16H,2-8H2,1H3,(H2,13,14). The molecule has 0 spiro atoms. The third kappa shape index (κ3) is 2.70. The molecule has 2 heterocycles. The maximum absolute atomic E-state index is 9.17. The summed E-state index contributed by atoms with van der Waals surface area (Å²) >= 11 is 1.40. The Hall–Kier alpha value is -1.01. The molecule has 1 aromatic heterocycles. The molecular formula is C12H21N3O2S. The van der Waals surface area contributed by atoms with Gasteiger partial charge < -0.3 is 20.5 Å². The van der Waals surface area contributed by atoms with E-state index in [1.165, 1.54) is 24.4 Å². The van der Waals surface area contributed by atoms with Gasteiger partial charge in [-0.25, -0.2) is 0 Å². The third-order valence-corrected chi connectivity index (χ3v) is 4.18. The van der Waals surface area contributed by atoms with Crippen LogP contribution < -0.4 is 15.4 Å². The monoisotopic (exact) mass is 271 g/mol. The number of rotatable bonds is 5. The number of nitrogens with two attached hydrogens (primary N) is 1. The molecule has 1 aromatic rings. The van der Waals surface area contributed by atoms with Crippen molar-refractivity contribution in [2.75, 3.05) is 30.4 Å². The van der Waals surface area contributed by atoms with Crippen molar-refractivity contribution < 1.29 is 9.84 Å². The number of hydrogen-bond acceptors (Lipinski definition) is 6. The zero-order valence-corrected chi connectivity index (χ0v) is 11.6. The van der Waals surface area contributed by atoms with E-state index >= 15 is 0 Å². The smallest absolute Gasteiger partial charge is 0.197 e. The molecular weight excluding hydrogens is 250 g/mol. The van der Waals surface area contributed by atoms with Gasteiger partial charge in [0.25, 0.3) is 0 Å². The van der Waals surface area contributed by atoms with E-state index in [1.54, 1.807) is 0 Å². The lowest BCUT2D eigenvalue weighted by Gasteiger charge is -2.36. The quantitative estimate of drug-likeness (QED) is 0.855. The lowest BCUT2D eigenvalue weighted by Crippen LogP contribution is -2.39. The number of ether oxygens (including phenoxy) is 1. The van der Waals surface area contributed by atoms with Gasteiger partial charge in [0.1, 0.15) is 0 Å². The number of nitrogens with zero attached hydrogens (tertiary/aromatic N) is 2. The van der Waals surface area contributed by atoms with Gasteiger partial charge in [-0.1, -0.05) is 0 Å². The predicted octanol–water partition coefficient (Wildman–Crippen LogP) is 1.87. The van der Waals surface area contributed by atoms with Gasteiger partial charge in [0, 0.05) is 19.2 Å². The molecule has 0 bridgehead atoms. The molecule has 6 heteroatoms. The minimum absolute atomic E-state index is 0.222. The summed E-state index contributed by atoms with van der Waals surface area (Å²) in [4.78, 5) is 2.30. The van der Waals surface area contributed by atoms with E-state index in [1.807, 2.05) is 6.92 Å². The Kier molecular flexibility index (Phi) is 4.66. The molecule has 0 radical (unpaired) electrons. The summed E-state index contributed by atoms with van der Waals surface area (Å²) in [6.07, 6.45) is 4.30. The number of aromatic nitrogens is 1. The van der Waals surface area contributed by atoms with Crippen molar-refractivity contribution in [1.29, 1.82) is 0 Å². The Labute approximate surface area is 112 Å². The van der Waals surface area contributed by atoms with E-state index in [0.29, 0.717) is 24.2 Å². The highest BCUT2D eigenvalue weighted by atomic mass is 32.1. The Balaban J connectivity index is 2.22. The number of aliphatic hydroxyl groups is 1. The van der Waals surface area contributed by atoms with Crippen molar-refractivity contribution in [1.82, 2.24) is 4.37 Å². The van der Waals surface area contributed by atoms with Crippen molar-refractivity contribution >= 4 is 22.4 Å². The molecule has 3 N–H and O–H groups in total. The SMILES string of the molecule is CCOc1c(N)nsc1N1CCCCC1CCO. The molecule has 18 heavy (non-hydrogen) atoms.